The van der Waals surface area contributed by atoms with Crippen molar-refractivity contribution in [3.05, 3.63) is 70.4 Å². The lowest BCUT2D eigenvalue weighted by atomic mass is 10.0. The number of aromatic nitrogens is 3. The highest BCUT2D eigenvalue weighted by Gasteiger charge is 2.39. The van der Waals surface area contributed by atoms with Crippen LogP contribution in [0.2, 0.25) is 0 Å². The number of hydrogen-bond acceptors (Lipinski definition) is 6. The Balaban J connectivity index is 1.25. The van der Waals surface area contributed by atoms with Gasteiger partial charge in [0.05, 0.1) is 31.0 Å². The maximum Gasteiger partial charge on any atom is 0.341 e. The molecular formula is C26H28F3N7O2. The molecule has 0 N–H and O–H groups in total. The number of amides is 2. The number of benzene rings is 1. The molecule has 12 heteroatoms. The fourth-order valence-corrected chi connectivity index (χ4v) is 4.70. The predicted molar refractivity (Wildman–Crippen MR) is 134 cm³/mol. The minimum Gasteiger partial charge on any atom is -0.483 e. The van der Waals surface area contributed by atoms with Crippen molar-refractivity contribution in [3.63, 3.8) is 0 Å². The van der Waals surface area contributed by atoms with E-state index in [0.29, 0.717) is 24.3 Å². The van der Waals surface area contributed by atoms with Gasteiger partial charge >= 0.3 is 6.03 Å². The van der Waals surface area contributed by atoms with E-state index in [1.54, 1.807) is 4.68 Å². The summed E-state index contributed by atoms with van der Waals surface area (Å²) in [6.45, 7) is 4.98. The molecule has 2 aromatic heterocycles. The maximum atomic E-state index is 14.6. The second-order valence-corrected chi connectivity index (χ2v) is 9.80. The van der Waals surface area contributed by atoms with E-state index in [1.807, 2.05) is 32.8 Å². The van der Waals surface area contributed by atoms with Crippen LogP contribution in [0.3, 0.4) is 0 Å². The summed E-state index contributed by atoms with van der Waals surface area (Å²) in [5.41, 5.74) is 3.16. The molecule has 2 amide bonds. The Morgan fingerprint density at radius 3 is 2.50 bits per heavy atom. The number of aryl methyl sites for hydroxylation is 1. The first-order chi connectivity index (χ1) is 18.1. The summed E-state index contributed by atoms with van der Waals surface area (Å²) in [7, 11) is 3.95. The molecule has 5 rings (SSSR count). The number of urea groups is 1. The quantitative estimate of drug-likeness (QED) is 0.485. The van der Waals surface area contributed by atoms with Gasteiger partial charge < -0.3 is 14.5 Å². The van der Waals surface area contributed by atoms with Crippen LogP contribution in [-0.2, 0) is 6.54 Å². The van der Waals surface area contributed by atoms with Gasteiger partial charge in [-0.2, -0.15) is 10.2 Å². The molecular weight excluding hydrogens is 499 g/mol. The number of nitrogens with zero attached hydrogens (tertiary/aromatic N) is 7. The number of likely N-dealkylation sites (tertiary alicyclic amines) is 1. The van der Waals surface area contributed by atoms with Crippen LogP contribution in [0.15, 0.2) is 35.6 Å². The average molecular weight is 528 g/mol. The fourth-order valence-electron chi connectivity index (χ4n) is 4.70. The SMILES string of the molecule is Cc1nn(-c2cc(OC3CN(C(=O)N4N=CC[C@H]4c4cc(F)cc(F)c4)C3)c(F)cn2)c(C)c1CN(C)C. The number of halogens is 3. The molecule has 1 atom stereocenters. The molecule has 38 heavy (non-hydrogen) atoms. The van der Waals surface area contributed by atoms with Crippen molar-refractivity contribution in [2.45, 2.75) is 39.0 Å². The van der Waals surface area contributed by atoms with Gasteiger partial charge in [0.1, 0.15) is 17.7 Å². The largest absolute Gasteiger partial charge is 0.483 e. The highest BCUT2D eigenvalue weighted by atomic mass is 19.1. The normalized spacial score (nSPS) is 17.4. The minimum absolute atomic E-state index is 0.0149. The lowest BCUT2D eigenvalue weighted by Gasteiger charge is -2.41. The van der Waals surface area contributed by atoms with E-state index in [4.69, 9.17) is 4.74 Å². The summed E-state index contributed by atoms with van der Waals surface area (Å²) >= 11 is 0. The summed E-state index contributed by atoms with van der Waals surface area (Å²) in [5, 5.41) is 9.89. The third-order valence-electron chi connectivity index (χ3n) is 6.65. The Morgan fingerprint density at radius 1 is 1.11 bits per heavy atom. The summed E-state index contributed by atoms with van der Waals surface area (Å²) in [6, 6.07) is 3.65. The number of hydrogen-bond donors (Lipinski definition) is 0. The molecule has 0 bridgehead atoms. The summed E-state index contributed by atoms with van der Waals surface area (Å²) in [5.74, 6) is -1.61. The monoisotopic (exact) mass is 527 g/mol. The number of carbonyl (C=O) groups excluding carboxylic acids is 1. The van der Waals surface area contributed by atoms with Crippen LogP contribution in [0.4, 0.5) is 18.0 Å². The first-order valence-electron chi connectivity index (χ1n) is 12.2. The highest BCUT2D eigenvalue weighted by molar-refractivity contribution is 5.79. The molecule has 4 heterocycles. The van der Waals surface area contributed by atoms with Gasteiger partial charge in [-0.15, -0.1) is 0 Å². The van der Waals surface area contributed by atoms with Crippen LogP contribution in [-0.4, -0.2) is 75.1 Å². The Morgan fingerprint density at radius 2 is 1.82 bits per heavy atom. The van der Waals surface area contributed by atoms with Crippen molar-refractivity contribution in [1.82, 2.24) is 29.6 Å². The van der Waals surface area contributed by atoms with Gasteiger partial charge in [-0.1, -0.05) is 0 Å². The molecule has 1 aromatic carbocycles. The van der Waals surface area contributed by atoms with Gasteiger partial charge in [-0.3, -0.25) is 0 Å². The lowest BCUT2D eigenvalue weighted by Crippen LogP contribution is -2.58. The number of pyridine rings is 1. The van der Waals surface area contributed by atoms with Gasteiger partial charge in [0, 0.05) is 42.6 Å². The van der Waals surface area contributed by atoms with Crippen molar-refractivity contribution in [1.29, 1.82) is 0 Å². The molecule has 0 saturated carbocycles. The summed E-state index contributed by atoms with van der Waals surface area (Å²) in [6.07, 6.45) is 2.53. The third-order valence-corrected chi connectivity index (χ3v) is 6.65. The van der Waals surface area contributed by atoms with E-state index in [0.717, 1.165) is 29.2 Å². The Labute approximate surface area is 218 Å². The van der Waals surface area contributed by atoms with Crippen LogP contribution >= 0.6 is 0 Å². The molecule has 0 unspecified atom stereocenters. The molecule has 0 spiro atoms. The van der Waals surface area contributed by atoms with E-state index in [1.165, 1.54) is 34.3 Å². The first-order valence-corrected chi connectivity index (χ1v) is 12.2. The number of carbonyl (C=O) groups is 1. The zero-order valence-electron chi connectivity index (χ0n) is 21.5. The van der Waals surface area contributed by atoms with Crippen molar-refractivity contribution in [2.75, 3.05) is 27.2 Å². The van der Waals surface area contributed by atoms with Gasteiger partial charge in [0.15, 0.2) is 17.4 Å². The van der Waals surface area contributed by atoms with Gasteiger partial charge in [0.25, 0.3) is 0 Å². The molecule has 1 saturated heterocycles. The standard InChI is InChI=1S/C26H28F3N7O2/c1-15-21(14-33(3)4)16(2)35(32-15)25-10-24(22(29)11-30-25)38-20-12-34(13-20)26(37)36-23(5-6-31-36)17-7-18(27)9-19(28)8-17/h6-11,20,23H,5,12-14H2,1-4H3/t23-/m0/s1. The van der Waals surface area contributed by atoms with Crippen molar-refractivity contribution < 1.29 is 22.7 Å². The van der Waals surface area contributed by atoms with Crippen molar-refractivity contribution in [2.24, 2.45) is 5.10 Å². The van der Waals surface area contributed by atoms with E-state index >= 15 is 0 Å². The molecule has 9 nitrogen and oxygen atoms in total. The molecule has 1 fully saturated rings. The van der Waals surface area contributed by atoms with Crippen molar-refractivity contribution in [3.8, 4) is 11.6 Å². The zero-order valence-corrected chi connectivity index (χ0v) is 21.5. The molecule has 0 aliphatic carbocycles. The van der Waals surface area contributed by atoms with Gasteiger partial charge in [0.2, 0.25) is 0 Å². The Hall–Kier alpha value is -3.93. The maximum absolute atomic E-state index is 14.6. The molecule has 200 valence electrons. The van der Waals surface area contributed by atoms with Crippen LogP contribution in [0.1, 0.15) is 35.0 Å². The van der Waals surface area contributed by atoms with E-state index in [-0.39, 0.29) is 18.8 Å². The van der Waals surface area contributed by atoms with E-state index in [9.17, 15) is 18.0 Å². The average Bonchev–Trinajstić information content (AvgIpc) is 3.42. The summed E-state index contributed by atoms with van der Waals surface area (Å²) in [4.78, 5) is 20.8. The predicted octanol–water partition coefficient (Wildman–Crippen LogP) is 3.98. The molecule has 0 radical (unpaired) electrons. The van der Waals surface area contributed by atoms with Crippen LogP contribution < -0.4 is 4.74 Å². The second kappa shape index (κ2) is 10.1. The number of hydrazone groups is 1. The molecule has 3 aromatic rings. The molecule has 2 aliphatic heterocycles. The van der Waals surface area contributed by atoms with Crippen LogP contribution in [0.25, 0.3) is 5.82 Å². The Bertz CT molecular complexity index is 1380. The fraction of sp³-hybridized carbons (Fsp3) is 0.385. The van der Waals surface area contributed by atoms with Crippen LogP contribution in [0.5, 0.6) is 5.75 Å². The first kappa shape index (κ1) is 25.7. The third kappa shape index (κ3) is 4.95. The number of ether oxygens (including phenoxy) is 1. The molecule has 2 aliphatic rings. The van der Waals surface area contributed by atoms with E-state index in [2.05, 4.69) is 15.2 Å². The second-order valence-electron chi connectivity index (χ2n) is 9.80. The smallest absolute Gasteiger partial charge is 0.341 e. The summed E-state index contributed by atoms with van der Waals surface area (Å²) < 4.78 is 49.5. The van der Waals surface area contributed by atoms with Gasteiger partial charge in [-0.05, 0) is 45.6 Å². The number of rotatable bonds is 6. The topological polar surface area (TPSA) is 79.1 Å². The van der Waals surface area contributed by atoms with Gasteiger partial charge in [-0.25, -0.2) is 32.6 Å². The minimum atomic E-state index is -0.718. The zero-order chi connectivity index (χ0) is 27.1. The Kier molecular flexibility index (Phi) is 6.82. The van der Waals surface area contributed by atoms with Crippen LogP contribution in [0, 0.1) is 31.3 Å². The van der Waals surface area contributed by atoms with Crippen molar-refractivity contribution >= 4 is 12.2 Å². The van der Waals surface area contributed by atoms with E-state index < -0.39 is 35.6 Å². The lowest BCUT2D eigenvalue weighted by molar-refractivity contribution is 0.0256. The highest BCUT2D eigenvalue weighted by Crippen LogP contribution is 2.32.